The molecule has 0 aliphatic carbocycles. The Morgan fingerprint density at radius 2 is 1.73 bits per heavy atom. The monoisotopic (exact) mass is 558 g/mol. The normalized spacial score (nSPS) is 12.5. The number of nitrogen functional groups attached to an aromatic ring is 1. The molecule has 0 radical (unpaired) electrons. The molecule has 3 aromatic carbocycles. The molecule has 0 saturated carbocycles. The molecule has 0 amide bonds. The number of rotatable bonds is 9. The van der Waals surface area contributed by atoms with Crippen LogP contribution in [0, 0.1) is 0 Å². The van der Waals surface area contributed by atoms with Gasteiger partial charge >= 0.3 is 4.87 Å². The third-order valence-corrected chi connectivity index (χ3v) is 7.61. The molecule has 0 fully saturated rings. The summed E-state index contributed by atoms with van der Waals surface area (Å²) >= 11 is 1.01. The van der Waals surface area contributed by atoms with Crippen LogP contribution in [0.1, 0.15) is 61.2 Å². The van der Waals surface area contributed by atoms with E-state index in [1.54, 1.807) is 0 Å². The van der Waals surface area contributed by atoms with Crippen LogP contribution in [-0.2, 0) is 18.3 Å². The maximum absolute atomic E-state index is 11.4. The number of hydrogen-bond acceptors (Lipinski definition) is 7. The molecule has 5 N–H and O–H groups in total. The minimum absolute atomic E-state index is 0.0179. The van der Waals surface area contributed by atoms with Crippen molar-refractivity contribution in [2.24, 2.45) is 0 Å². The second-order valence-electron chi connectivity index (χ2n) is 10.9. The molecule has 2 heterocycles. The zero-order chi connectivity index (χ0) is 28.4. The highest BCUT2D eigenvalue weighted by Crippen LogP contribution is 2.29. The number of ether oxygens (including phenoxy) is 2. The molecule has 0 aliphatic heterocycles. The maximum Gasteiger partial charge on any atom is 0.307 e. The first-order valence-electron chi connectivity index (χ1n) is 13.2. The van der Waals surface area contributed by atoms with E-state index < -0.39 is 0 Å². The van der Waals surface area contributed by atoms with E-state index in [4.69, 9.17) is 20.2 Å². The molecule has 2 aromatic heterocycles. The van der Waals surface area contributed by atoms with Crippen LogP contribution < -0.4 is 20.1 Å². The van der Waals surface area contributed by atoms with Gasteiger partial charge in [0.2, 0.25) is 5.88 Å². The summed E-state index contributed by atoms with van der Waals surface area (Å²) in [6.45, 7) is 8.97. The summed E-state index contributed by atoms with van der Waals surface area (Å²) in [5.41, 5.74) is 12.1. The van der Waals surface area contributed by atoms with Crippen LogP contribution in [-0.4, -0.2) is 26.7 Å². The van der Waals surface area contributed by atoms with E-state index in [-0.39, 0.29) is 22.3 Å². The average Bonchev–Trinajstić information content (AvgIpc) is 3.46. The molecule has 5 aromatic rings. The van der Waals surface area contributed by atoms with Crippen LogP contribution in [0.15, 0.2) is 65.5 Å². The minimum atomic E-state index is -0.303. The van der Waals surface area contributed by atoms with Gasteiger partial charge in [0, 0.05) is 24.6 Å². The SMILES string of the molecule is CC(Oc1ccc(Cc2sc(=O)[nH]c2O)cc1)c1nc2ccc(OCCc3ccc(C(C)(C)C)c(N)c3)cc2[nH]1. The lowest BCUT2D eigenvalue weighted by Crippen LogP contribution is -2.14. The predicted molar refractivity (Wildman–Crippen MR) is 160 cm³/mol. The molecule has 0 spiro atoms. The second-order valence-corrected chi connectivity index (χ2v) is 12.0. The van der Waals surface area contributed by atoms with E-state index >= 15 is 0 Å². The summed E-state index contributed by atoms with van der Waals surface area (Å²) in [4.78, 5) is 22.2. The molecular formula is C31H34N4O4S. The Balaban J connectivity index is 1.18. The third-order valence-electron chi connectivity index (χ3n) is 6.74. The Bertz CT molecular complexity index is 1680. The smallest absolute Gasteiger partial charge is 0.307 e. The second kappa shape index (κ2) is 11.1. The van der Waals surface area contributed by atoms with E-state index in [0.717, 1.165) is 56.9 Å². The fourth-order valence-corrected chi connectivity index (χ4v) is 5.39. The minimum Gasteiger partial charge on any atom is -0.494 e. The highest BCUT2D eigenvalue weighted by molar-refractivity contribution is 7.09. The van der Waals surface area contributed by atoms with Gasteiger partial charge in [-0.2, -0.15) is 0 Å². The van der Waals surface area contributed by atoms with Gasteiger partial charge in [0.15, 0.2) is 6.10 Å². The summed E-state index contributed by atoms with van der Waals surface area (Å²) < 4.78 is 12.1. The van der Waals surface area contributed by atoms with E-state index in [0.29, 0.717) is 29.5 Å². The molecule has 5 rings (SSSR count). The molecule has 1 atom stereocenters. The van der Waals surface area contributed by atoms with Gasteiger partial charge in [0.05, 0.1) is 22.5 Å². The first kappa shape index (κ1) is 27.3. The number of hydrogen-bond donors (Lipinski definition) is 4. The lowest BCUT2D eigenvalue weighted by molar-refractivity contribution is 0.218. The standard InChI is InChI=1S/C31H34N4O4S/c1-18(39-21-8-5-19(6-9-21)16-27-29(36)35-30(37)40-27)28-33-25-12-10-22(17-26(25)34-28)38-14-13-20-7-11-23(24(32)15-20)31(2,3)4/h5-12,15,17-18,36H,13-14,16,32H2,1-4H3,(H,33,34)(H,35,37). The van der Waals surface area contributed by atoms with Gasteiger partial charge in [-0.3, -0.25) is 9.78 Å². The van der Waals surface area contributed by atoms with Gasteiger partial charge < -0.3 is 25.3 Å². The first-order chi connectivity index (χ1) is 19.0. The molecule has 40 heavy (non-hydrogen) atoms. The van der Waals surface area contributed by atoms with E-state index in [1.807, 2.05) is 55.5 Å². The number of aromatic hydroxyl groups is 1. The third kappa shape index (κ3) is 6.31. The molecular weight excluding hydrogens is 524 g/mol. The van der Waals surface area contributed by atoms with Crippen LogP contribution in [0.2, 0.25) is 0 Å². The van der Waals surface area contributed by atoms with E-state index in [1.165, 1.54) is 0 Å². The maximum atomic E-state index is 11.4. The van der Waals surface area contributed by atoms with Crippen molar-refractivity contribution in [3.05, 3.63) is 97.7 Å². The molecule has 1 unspecified atom stereocenters. The predicted octanol–water partition coefficient (Wildman–Crippen LogP) is 6.25. The van der Waals surface area contributed by atoms with Crippen molar-refractivity contribution in [1.82, 2.24) is 15.0 Å². The zero-order valence-electron chi connectivity index (χ0n) is 23.1. The van der Waals surface area contributed by atoms with Crippen molar-refractivity contribution >= 4 is 28.1 Å². The van der Waals surface area contributed by atoms with Crippen LogP contribution in [0.4, 0.5) is 5.69 Å². The molecule has 9 heteroatoms. The van der Waals surface area contributed by atoms with Crippen LogP contribution in [0.25, 0.3) is 11.0 Å². The largest absolute Gasteiger partial charge is 0.494 e. The van der Waals surface area contributed by atoms with Gasteiger partial charge in [-0.15, -0.1) is 0 Å². The average molecular weight is 559 g/mol. The summed E-state index contributed by atoms with van der Waals surface area (Å²) in [7, 11) is 0. The van der Waals surface area contributed by atoms with E-state index in [9.17, 15) is 9.90 Å². The highest BCUT2D eigenvalue weighted by Gasteiger charge is 2.17. The number of nitrogens with one attached hydrogen (secondary N) is 2. The van der Waals surface area contributed by atoms with Crippen LogP contribution in [0.3, 0.4) is 0 Å². The van der Waals surface area contributed by atoms with Gasteiger partial charge in [-0.1, -0.05) is 56.4 Å². The number of anilines is 1. The Labute approximate surface area is 236 Å². The fourth-order valence-electron chi connectivity index (χ4n) is 4.63. The van der Waals surface area contributed by atoms with Crippen molar-refractivity contribution < 1.29 is 14.6 Å². The van der Waals surface area contributed by atoms with Crippen LogP contribution >= 0.6 is 11.3 Å². The topological polar surface area (TPSA) is 126 Å². The molecule has 0 saturated heterocycles. The Hall–Kier alpha value is -4.24. The summed E-state index contributed by atoms with van der Waals surface area (Å²) in [5, 5.41) is 9.81. The lowest BCUT2D eigenvalue weighted by atomic mass is 9.85. The van der Waals surface area contributed by atoms with E-state index in [2.05, 4.69) is 42.9 Å². The quantitative estimate of drug-likeness (QED) is 0.158. The number of H-pyrrole nitrogens is 2. The fraction of sp³-hybridized carbons (Fsp3) is 0.290. The Kier molecular flexibility index (Phi) is 7.58. The van der Waals surface area contributed by atoms with Crippen molar-refractivity contribution in [3.8, 4) is 17.4 Å². The highest BCUT2D eigenvalue weighted by atomic mass is 32.1. The van der Waals surface area contributed by atoms with Gasteiger partial charge in [-0.05, 0) is 59.4 Å². The van der Waals surface area contributed by atoms with Crippen molar-refractivity contribution in [3.63, 3.8) is 0 Å². The van der Waals surface area contributed by atoms with Crippen molar-refractivity contribution in [1.29, 1.82) is 0 Å². The Morgan fingerprint density at radius 3 is 2.40 bits per heavy atom. The molecule has 8 nitrogen and oxygen atoms in total. The van der Waals surface area contributed by atoms with Gasteiger partial charge in [-0.25, -0.2) is 4.98 Å². The summed E-state index contributed by atoms with van der Waals surface area (Å²) in [5.74, 6) is 2.11. The van der Waals surface area contributed by atoms with Gasteiger partial charge in [0.1, 0.15) is 17.3 Å². The first-order valence-corrected chi connectivity index (χ1v) is 14.0. The number of nitrogens with zero attached hydrogens (tertiary/aromatic N) is 1. The van der Waals surface area contributed by atoms with Crippen LogP contribution in [0.5, 0.6) is 17.4 Å². The number of nitrogens with two attached hydrogens (primary N) is 1. The molecule has 208 valence electrons. The number of thiazole rings is 1. The molecule has 0 aliphatic rings. The number of fused-ring (bicyclic) bond motifs is 1. The van der Waals surface area contributed by atoms with Crippen molar-refractivity contribution in [2.45, 2.75) is 52.1 Å². The summed E-state index contributed by atoms with van der Waals surface area (Å²) in [6, 6.07) is 19.7. The number of imidazole rings is 1. The Morgan fingerprint density at radius 1 is 1.00 bits per heavy atom. The van der Waals surface area contributed by atoms with Gasteiger partial charge in [0.25, 0.3) is 0 Å². The molecule has 0 bridgehead atoms. The lowest BCUT2D eigenvalue weighted by Gasteiger charge is -2.21. The zero-order valence-corrected chi connectivity index (χ0v) is 23.9. The number of aromatic amines is 2. The summed E-state index contributed by atoms with van der Waals surface area (Å²) in [6.07, 6.45) is 0.927. The number of aromatic nitrogens is 3. The van der Waals surface area contributed by atoms with Crippen molar-refractivity contribution in [2.75, 3.05) is 12.3 Å². The number of benzene rings is 3.